The lowest BCUT2D eigenvalue weighted by atomic mass is 10.0. The third-order valence-corrected chi connectivity index (χ3v) is 4.28. The Morgan fingerprint density at radius 3 is 2.57 bits per heavy atom. The summed E-state index contributed by atoms with van der Waals surface area (Å²) in [6.45, 7) is 3.85. The second-order valence-corrected chi connectivity index (χ2v) is 6.32. The minimum absolute atomic E-state index is 0.147. The Hall–Kier alpha value is -2.36. The fourth-order valence-corrected chi connectivity index (χ4v) is 2.85. The molecule has 1 aliphatic rings. The van der Waals surface area contributed by atoms with Crippen LogP contribution in [0.25, 0.3) is 0 Å². The van der Waals surface area contributed by atoms with Crippen LogP contribution in [-0.2, 0) is 6.42 Å². The van der Waals surface area contributed by atoms with Gasteiger partial charge in [-0.25, -0.2) is 4.79 Å². The van der Waals surface area contributed by atoms with E-state index < -0.39 is 0 Å². The first-order valence-corrected chi connectivity index (χ1v) is 8.17. The van der Waals surface area contributed by atoms with Gasteiger partial charge in [0.05, 0.1) is 11.4 Å². The van der Waals surface area contributed by atoms with Gasteiger partial charge in [0.2, 0.25) is 0 Å². The Morgan fingerprint density at radius 2 is 1.91 bits per heavy atom. The Kier molecular flexibility index (Phi) is 4.60. The van der Waals surface area contributed by atoms with E-state index in [0.717, 1.165) is 23.5 Å². The van der Waals surface area contributed by atoms with Gasteiger partial charge < -0.3 is 10.6 Å². The van der Waals surface area contributed by atoms with Crippen molar-refractivity contribution in [2.24, 2.45) is 5.92 Å². The van der Waals surface area contributed by atoms with Gasteiger partial charge in [-0.15, -0.1) is 0 Å². The monoisotopic (exact) mass is 309 g/mol. The number of aromatic nitrogens is 1. The van der Waals surface area contributed by atoms with Crippen LogP contribution in [0, 0.1) is 19.8 Å². The second-order valence-electron chi connectivity index (χ2n) is 6.32. The average molecular weight is 309 g/mol. The molecule has 2 amide bonds. The fraction of sp³-hybridized carbons (Fsp3) is 0.368. The van der Waals surface area contributed by atoms with Crippen molar-refractivity contribution in [3.63, 3.8) is 0 Å². The van der Waals surface area contributed by atoms with Gasteiger partial charge >= 0.3 is 6.03 Å². The molecule has 2 N–H and O–H groups in total. The van der Waals surface area contributed by atoms with Crippen LogP contribution in [0.3, 0.4) is 0 Å². The highest BCUT2D eigenvalue weighted by Gasteiger charge is 2.32. The molecule has 1 aromatic heterocycles. The van der Waals surface area contributed by atoms with Gasteiger partial charge in [-0.05, 0) is 56.7 Å². The van der Waals surface area contributed by atoms with Crippen LogP contribution in [0.1, 0.15) is 29.8 Å². The van der Waals surface area contributed by atoms with Crippen molar-refractivity contribution in [1.29, 1.82) is 0 Å². The number of rotatable bonds is 5. The molecule has 0 aliphatic heterocycles. The van der Waals surface area contributed by atoms with Crippen molar-refractivity contribution in [3.8, 4) is 0 Å². The lowest BCUT2D eigenvalue weighted by Crippen LogP contribution is -2.40. The maximum atomic E-state index is 12.3. The third-order valence-electron chi connectivity index (χ3n) is 4.28. The fourth-order valence-electron chi connectivity index (χ4n) is 2.85. The number of hydrogen-bond acceptors (Lipinski definition) is 2. The Bertz CT molecular complexity index is 680. The summed E-state index contributed by atoms with van der Waals surface area (Å²) in [5.74, 6) is 0.596. The zero-order valence-electron chi connectivity index (χ0n) is 13.7. The highest BCUT2D eigenvalue weighted by molar-refractivity contribution is 5.90. The largest absolute Gasteiger partial charge is 0.335 e. The molecule has 1 saturated carbocycles. The zero-order valence-corrected chi connectivity index (χ0v) is 13.7. The molecule has 2 aromatic rings. The summed E-state index contributed by atoms with van der Waals surface area (Å²) in [4.78, 5) is 16.7. The maximum Gasteiger partial charge on any atom is 0.319 e. The lowest BCUT2D eigenvalue weighted by molar-refractivity contribution is 0.246. The van der Waals surface area contributed by atoms with Gasteiger partial charge in [-0.2, -0.15) is 0 Å². The van der Waals surface area contributed by atoms with Gasteiger partial charge in [-0.1, -0.05) is 30.3 Å². The SMILES string of the molecule is Cc1ccc(NC(=O)NC(Cc2ccccc2)C2CC2)c(C)n1. The van der Waals surface area contributed by atoms with Crippen LogP contribution in [0.2, 0.25) is 0 Å². The number of carbonyl (C=O) groups is 1. The minimum Gasteiger partial charge on any atom is -0.335 e. The summed E-state index contributed by atoms with van der Waals surface area (Å²) in [5.41, 5.74) is 3.82. The molecule has 23 heavy (non-hydrogen) atoms. The number of carbonyl (C=O) groups excluding carboxylic acids is 1. The predicted octanol–water partition coefficient (Wildman–Crippen LogP) is 3.84. The molecule has 0 spiro atoms. The van der Waals surface area contributed by atoms with Crippen LogP contribution in [-0.4, -0.2) is 17.1 Å². The quantitative estimate of drug-likeness (QED) is 0.881. The molecular weight excluding hydrogens is 286 g/mol. The van der Waals surface area contributed by atoms with Gasteiger partial charge in [0.25, 0.3) is 0 Å². The van der Waals surface area contributed by atoms with Crippen molar-refractivity contribution in [3.05, 3.63) is 59.4 Å². The first kappa shape index (κ1) is 15.5. The number of anilines is 1. The predicted molar refractivity (Wildman–Crippen MR) is 92.5 cm³/mol. The summed E-state index contributed by atoms with van der Waals surface area (Å²) in [5, 5.41) is 6.06. The summed E-state index contributed by atoms with van der Waals surface area (Å²) in [7, 11) is 0. The molecule has 120 valence electrons. The Balaban J connectivity index is 1.62. The average Bonchev–Trinajstić information content (AvgIpc) is 3.35. The summed E-state index contributed by atoms with van der Waals surface area (Å²) in [6, 6.07) is 14.2. The van der Waals surface area contributed by atoms with Crippen LogP contribution < -0.4 is 10.6 Å². The Morgan fingerprint density at radius 1 is 1.17 bits per heavy atom. The molecule has 4 nitrogen and oxygen atoms in total. The van der Waals surface area contributed by atoms with Crippen LogP contribution in [0.15, 0.2) is 42.5 Å². The molecule has 1 heterocycles. The van der Waals surface area contributed by atoms with Crippen molar-refractivity contribution < 1.29 is 4.79 Å². The maximum absolute atomic E-state index is 12.3. The molecule has 1 fully saturated rings. The molecule has 3 rings (SSSR count). The van der Waals surface area contributed by atoms with Crippen LogP contribution >= 0.6 is 0 Å². The smallest absolute Gasteiger partial charge is 0.319 e. The summed E-state index contributed by atoms with van der Waals surface area (Å²) in [6.07, 6.45) is 3.27. The molecule has 1 aromatic carbocycles. The number of hydrogen-bond donors (Lipinski definition) is 2. The van der Waals surface area contributed by atoms with E-state index in [1.54, 1.807) is 0 Å². The van der Waals surface area contributed by atoms with E-state index >= 15 is 0 Å². The van der Waals surface area contributed by atoms with E-state index in [1.807, 2.05) is 44.2 Å². The standard InChI is InChI=1S/C19H23N3O/c1-13-8-11-17(14(2)20-13)21-19(23)22-18(16-9-10-16)12-15-6-4-3-5-7-15/h3-8,11,16,18H,9-10,12H2,1-2H3,(H2,21,22,23). The molecule has 4 heteroatoms. The highest BCUT2D eigenvalue weighted by Crippen LogP contribution is 2.34. The number of nitrogens with zero attached hydrogens (tertiary/aromatic N) is 1. The van der Waals surface area contributed by atoms with E-state index in [0.29, 0.717) is 5.92 Å². The van der Waals surface area contributed by atoms with Crippen molar-refractivity contribution in [2.75, 3.05) is 5.32 Å². The van der Waals surface area contributed by atoms with Gasteiger partial charge in [-0.3, -0.25) is 4.98 Å². The second kappa shape index (κ2) is 6.82. The highest BCUT2D eigenvalue weighted by atomic mass is 16.2. The number of nitrogens with one attached hydrogen (secondary N) is 2. The van der Waals surface area contributed by atoms with Crippen LogP contribution in [0.4, 0.5) is 10.5 Å². The first-order valence-electron chi connectivity index (χ1n) is 8.17. The third kappa shape index (κ3) is 4.31. The van der Waals surface area contributed by atoms with E-state index in [9.17, 15) is 4.79 Å². The van der Waals surface area contributed by atoms with E-state index in [1.165, 1.54) is 18.4 Å². The first-order chi connectivity index (χ1) is 11.1. The molecular formula is C19H23N3O. The summed E-state index contributed by atoms with van der Waals surface area (Å²) >= 11 is 0. The molecule has 1 atom stereocenters. The van der Waals surface area contributed by atoms with Gasteiger partial charge in [0, 0.05) is 11.7 Å². The minimum atomic E-state index is -0.147. The number of amides is 2. The van der Waals surface area contributed by atoms with Crippen molar-refractivity contribution in [2.45, 2.75) is 39.2 Å². The topological polar surface area (TPSA) is 54.0 Å². The molecule has 1 aliphatic carbocycles. The van der Waals surface area contributed by atoms with E-state index in [4.69, 9.17) is 0 Å². The van der Waals surface area contributed by atoms with Crippen LogP contribution in [0.5, 0.6) is 0 Å². The lowest BCUT2D eigenvalue weighted by Gasteiger charge is -2.19. The van der Waals surface area contributed by atoms with Crippen molar-refractivity contribution in [1.82, 2.24) is 10.3 Å². The van der Waals surface area contributed by atoms with E-state index in [2.05, 4.69) is 27.8 Å². The number of urea groups is 1. The molecule has 0 saturated heterocycles. The van der Waals surface area contributed by atoms with Gasteiger partial charge in [0.1, 0.15) is 0 Å². The molecule has 0 bridgehead atoms. The Labute approximate surface area is 137 Å². The van der Waals surface area contributed by atoms with Gasteiger partial charge in [0.15, 0.2) is 0 Å². The van der Waals surface area contributed by atoms with E-state index in [-0.39, 0.29) is 12.1 Å². The molecule has 0 radical (unpaired) electrons. The zero-order chi connectivity index (χ0) is 16.2. The van der Waals surface area contributed by atoms with Crippen molar-refractivity contribution >= 4 is 11.7 Å². The summed E-state index contributed by atoms with van der Waals surface area (Å²) < 4.78 is 0. The number of pyridine rings is 1. The normalized spacial score (nSPS) is 15.0. The number of aryl methyl sites for hydroxylation is 2. The number of benzene rings is 1. The molecule has 1 unspecified atom stereocenters.